The van der Waals surface area contributed by atoms with Crippen LogP contribution in [0.1, 0.15) is 174 Å². The van der Waals surface area contributed by atoms with Gasteiger partial charge in [0.25, 0.3) is 0 Å². The largest absolute Gasteiger partial charge is 0.309 e. The smallest absolute Gasteiger partial charge is 0.000655 e. The number of hydrogen-bond donors (Lipinski definition) is 0. The normalized spacial score (nSPS) is 12.6. The van der Waals surface area contributed by atoms with Gasteiger partial charge in [0.1, 0.15) is 0 Å². The highest BCUT2D eigenvalue weighted by molar-refractivity contribution is 4.93. The van der Waals surface area contributed by atoms with Crippen LogP contribution in [0.3, 0.4) is 0 Å². The topological polar surface area (TPSA) is 6.48 Å². The molecule has 0 aromatic carbocycles. The molecule has 0 atom stereocenters. The first kappa shape index (κ1) is 41.9. The van der Waals surface area contributed by atoms with Crippen LogP contribution < -0.4 is 0 Å². The summed E-state index contributed by atoms with van der Waals surface area (Å²) in [6.45, 7) is 9.65. The monoisotopic (exact) mass is 599 g/mol. The molecule has 2 nitrogen and oxygen atoms in total. The maximum absolute atomic E-state index is 2.77. The predicted octanol–water partition coefficient (Wildman–Crippen LogP) is 12.9. The maximum Gasteiger partial charge on any atom is -0.000655 e. The average Bonchev–Trinajstić information content (AvgIpc) is 3.00. The van der Waals surface area contributed by atoms with Crippen LogP contribution in [0.2, 0.25) is 0 Å². The van der Waals surface area contributed by atoms with Gasteiger partial charge < -0.3 is 9.80 Å². The number of allylic oxidation sites excluding steroid dienone is 8. The first-order chi connectivity index (χ1) is 21.2. The molecule has 0 saturated heterocycles. The first-order valence-corrected chi connectivity index (χ1v) is 19.2. The zero-order chi connectivity index (χ0) is 31.3. The summed E-state index contributed by atoms with van der Waals surface area (Å²) in [5.41, 5.74) is 0. The molecule has 0 radical (unpaired) electrons. The molecule has 0 aliphatic rings. The Morgan fingerprint density at radius 1 is 0.326 bits per heavy atom. The van der Waals surface area contributed by atoms with Gasteiger partial charge in [0.05, 0.1) is 0 Å². The van der Waals surface area contributed by atoms with E-state index in [0.29, 0.717) is 0 Å². The Morgan fingerprint density at radius 3 is 1.02 bits per heavy atom. The van der Waals surface area contributed by atoms with Crippen LogP contribution in [0.15, 0.2) is 48.6 Å². The lowest BCUT2D eigenvalue weighted by atomic mass is 10.1. The van der Waals surface area contributed by atoms with E-state index in [-0.39, 0.29) is 0 Å². The molecular weight excluding hydrogens is 520 g/mol. The summed E-state index contributed by atoms with van der Waals surface area (Å²) >= 11 is 0. The average molecular weight is 599 g/mol. The second-order valence-electron chi connectivity index (χ2n) is 13.2. The van der Waals surface area contributed by atoms with E-state index in [4.69, 9.17) is 0 Å². The van der Waals surface area contributed by atoms with Crippen molar-refractivity contribution in [1.82, 2.24) is 9.80 Å². The predicted molar refractivity (Wildman–Crippen MR) is 198 cm³/mol. The summed E-state index contributed by atoms with van der Waals surface area (Å²) < 4.78 is 0. The lowest BCUT2D eigenvalue weighted by Crippen LogP contribution is -2.29. The summed E-state index contributed by atoms with van der Waals surface area (Å²) in [7, 11) is 4.41. The molecule has 0 heterocycles. The highest BCUT2D eigenvalue weighted by Gasteiger charge is 2.05. The fourth-order valence-electron chi connectivity index (χ4n) is 5.59. The minimum Gasteiger partial charge on any atom is -0.309 e. The molecule has 0 aromatic heterocycles. The molecule has 0 saturated carbocycles. The molecule has 0 bridgehead atoms. The molecule has 252 valence electrons. The molecule has 0 unspecified atom stereocenters. The third kappa shape index (κ3) is 37.0. The first-order valence-electron chi connectivity index (χ1n) is 19.2. The van der Waals surface area contributed by atoms with Crippen LogP contribution in [-0.2, 0) is 0 Å². The van der Waals surface area contributed by atoms with Gasteiger partial charge in [-0.2, -0.15) is 0 Å². The van der Waals surface area contributed by atoms with Crippen molar-refractivity contribution in [2.45, 2.75) is 174 Å². The zero-order valence-corrected chi connectivity index (χ0v) is 30.0. The van der Waals surface area contributed by atoms with E-state index in [2.05, 4.69) is 86.4 Å². The van der Waals surface area contributed by atoms with Crippen molar-refractivity contribution in [2.24, 2.45) is 0 Å². The summed E-state index contributed by atoms with van der Waals surface area (Å²) in [4.78, 5) is 5.11. The van der Waals surface area contributed by atoms with Crippen molar-refractivity contribution in [1.29, 1.82) is 0 Å². The Kier molecular flexibility index (Phi) is 36.1. The SMILES string of the molecule is CCCCC/C=C\C/C=C\CCCCCCCCN(CCCCCCCC/C=C\C/C=C\CCCCC)CCCN(C)C. The minimum atomic E-state index is 1.12. The fraction of sp³-hybridized carbons (Fsp3) is 0.805. The molecular formula is C41H78N2. The lowest BCUT2D eigenvalue weighted by Gasteiger charge is -2.23. The quantitative estimate of drug-likeness (QED) is 0.0537. The third-order valence-corrected chi connectivity index (χ3v) is 8.43. The minimum absolute atomic E-state index is 1.12. The van der Waals surface area contributed by atoms with Crippen molar-refractivity contribution in [3.05, 3.63) is 48.6 Å². The summed E-state index contributed by atoms with van der Waals surface area (Å²) in [6, 6.07) is 0. The molecule has 43 heavy (non-hydrogen) atoms. The van der Waals surface area contributed by atoms with Crippen molar-refractivity contribution in [3.8, 4) is 0 Å². The number of nitrogens with zero attached hydrogens (tertiary/aromatic N) is 2. The van der Waals surface area contributed by atoms with Gasteiger partial charge in [-0.25, -0.2) is 0 Å². The lowest BCUT2D eigenvalue weighted by molar-refractivity contribution is 0.244. The Hall–Kier alpha value is -1.12. The maximum atomic E-state index is 2.77. The second-order valence-corrected chi connectivity index (χ2v) is 13.2. The van der Waals surface area contributed by atoms with Gasteiger partial charge in [-0.1, -0.05) is 140 Å². The molecule has 0 rings (SSSR count). The van der Waals surface area contributed by atoms with Gasteiger partial charge in [0, 0.05) is 0 Å². The molecule has 0 fully saturated rings. The van der Waals surface area contributed by atoms with E-state index < -0.39 is 0 Å². The Bertz CT molecular complexity index is 582. The number of unbranched alkanes of at least 4 members (excludes halogenated alkanes) is 18. The Morgan fingerprint density at radius 2 is 0.651 bits per heavy atom. The van der Waals surface area contributed by atoms with Gasteiger partial charge in [-0.3, -0.25) is 0 Å². The standard InChI is InChI=1S/C41H78N2/c1-5-7-9-11-13-15-17-19-21-23-25-27-29-31-33-35-39-43(41-37-38-42(3)4)40-36-34-32-30-28-26-24-22-20-18-16-14-12-10-8-6-2/h13-16,19-22H,5-12,17-18,23-41H2,1-4H3/b15-13-,16-14-,21-19-,22-20-. The molecule has 0 spiro atoms. The highest BCUT2D eigenvalue weighted by atomic mass is 15.1. The van der Waals surface area contributed by atoms with Crippen LogP contribution in [0.5, 0.6) is 0 Å². The number of rotatable bonds is 34. The van der Waals surface area contributed by atoms with Gasteiger partial charge >= 0.3 is 0 Å². The summed E-state index contributed by atoms with van der Waals surface area (Å²) in [6.07, 6.45) is 52.3. The molecule has 0 aliphatic carbocycles. The highest BCUT2D eigenvalue weighted by Crippen LogP contribution is 2.12. The van der Waals surface area contributed by atoms with Gasteiger partial charge in [-0.15, -0.1) is 0 Å². The van der Waals surface area contributed by atoms with Crippen LogP contribution in [0, 0.1) is 0 Å². The van der Waals surface area contributed by atoms with Gasteiger partial charge in [0.15, 0.2) is 0 Å². The summed E-state index contributed by atoms with van der Waals surface area (Å²) in [5.74, 6) is 0. The van der Waals surface area contributed by atoms with E-state index in [1.807, 2.05) is 0 Å². The molecule has 0 aliphatic heterocycles. The third-order valence-electron chi connectivity index (χ3n) is 8.43. The zero-order valence-electron chi connectivity index (χ0n) is 30.0. The van der Waals surface area contributed by atoms with E-state index in [1.54, 1.807) is 0 Å². The fourth-order valence-corrected chi connectivity index (χ4v) is 5.59. The van der Waals surface area contributed by atoms with Crippen LogP contribution >= 0.6 is 0 Å². The van der Waals surface area contributed by atoms with E-state index in [1.165, 1.54) is 174 Å². The van der Waals surface area contributed by atoms with Crippen molar-refractivity contribution < 1.29 is 0 Å². The van der Waals surface area contributed by atoms with Crippen molar-refractivity contribution >= 4 is 0 Å². The molecule has 2 heteroatoms. The molecule has 0 N–H and O–H groups in total. The Labute approximate surface area is 272 Å². The molecule has 0 aromatic rings. The van der Waals surface area contributed by atoms with Crippen molar-refractivity contribution in [2.75, 3.05) is 40.3 Å². The van der Waals surface area contributed by atoms with E-state index in [0.717, 1.165) is 12.8 Å². The van der Waals surface area contributed by atoms with E-state index >= 15 is 0 Å². The van der Waals surface area contributed by atoms with Gasteiger partial charge in [-0.05, 0) is 124 Å². The number of hydrogen-bond acceptors (Lipinski definition) is 2. The second kappa shape index (κ2) is 37.1. The van der Waals surface area contributed by atoms with Crippen molar-refractivity contribution in [3.63, 3.8) is 0 Å². The van der Waals surface area contributed by atoms with Crippen LogP contribution in [-0.4, -0.2) is 50.1 Å². The van der Waals surface area contributed by atoms with Crippen LogP contribution in [0.25, 0.3) is 0 Å². The Balaban J connectivity index is 3.77. The van der Waals surface area contributed by atoms with E-state index in [9.17, 15) is 0 Å². The molecule has 0 amide bonds. The van der Waals surface area contributed by atoms with Crippen LogP contribution in [0.4, 0.5) is 0 Å². The van der Waals surface area contributed by atoms with Gasteiger partial charge in [0.2, 0.25) is 0 Å². The summed E-state index contributed by atoms with van der Waals surface area (Å²) in [5, 5.41) is 0.